The van der Waals surface area contributed by atoms with E-state index in [1.807, 2.05) is 42.1 Å². The van der Waals surface area contributed by atoms with Crippen LogP contribution in [0.25, 0.3) is 11.0 Å². The van der Waals surface area contributed by atoms with Gasteiger partial charge < -0.3 is 4.98 Å². The molecule has 0 aliphatic rings. The van der Waals surface area contributed by atoms with Crippen LogP contribution in [0.1, 0.15) is 16.6 Å². The molecule has 23 heavy (non-hydrogen) atoms. The first-order valence-corrected chi connectivity index (χ1v) is 8.49. The van der Waals surface area contributed by atoms with Crippen molar-refractivity contribution in [3.63, 3.8) is 0 Å². The fraction of sp³-hybridized carbons (Fsp3) is 0.0500. The van der Waals surface area contributed by atoms with E-state index in [0.29, 0.717) is 0 Å². The molecular formula is C20H16N2S. The lowest BCUT2D eigenvalue weighted by molar-refractivity contribution is 1.01. The SMILES string of the molecule is c1ccc(S[C@H](c2ccccc2)c2nc3ccccc3[nH]2)cc1. The summed E-state index contributed by atoms with van der Waals surface area (Å²) in [5.41, 5.74) is 3.34. The van der Waals surface area contributed by atoms with Gasteiger partial charge in [0.05, 0.1) is 16.3 Å². The van der Waals surface area contributed by atoms with Gasteiger partial charge >= 0.3 is 0 Å². The van der Waals surface area contributed by atoms with Gasteiger partial charge in [0.2, 0.25) is 0 Å². The molecule has 1 N–H and O–H groups in total. The number of nitrogens with one attached hydrogen (secondary N) is 1. The summed E-state index contributed by atoms with van der Waals surface area (Å²) >= 11 is 1.82. The predicted molar refractivity (Wildman–Crippen MR) is 96.7 cm³/mol. The summed E-state index contributed by atoms with van der Waals surface area (Å²) in [7, 11) is 0. The summed E-state index contributed by atoms with van der Waals surface area (Å²) < 4.78 is 0. The Labute approximate surface area is 139 Å². The minimum atomic E-state index is 0.144. The zero-order valence-corrected chi connectivity index (χ0v) is 13.3. The van der Waals surface area contributed by atoms with Crippen molar-refractivity contribution >= 4 is 22.8 Å². The lowest BCUT2D eigenvalue weighted by Crippen LogP contribution is -1.99. The Balaban J connectivity index is 1.78. The number of hydrogen-bond acceptors (Lipinski definition) is 2. The maximum absolute atomic E-state index is 4.81. The quantitative estimate of drug-likeness (QED) is 0.507. The van der Waals surface area contributed by atoms with Gasteiger partial charge in [0.25, 0.3) is 0 Å². The highest BCUT2D eigenvalue weighted by molar-refractivity contribution is 7.99. The van der Waals surface area contributed by atoms with Crippen LogP contribution in [-0.2, 0) is 0 Å². The van der Waals surface area contributed by atoms with Crippen molar-refractivity contribution in [2.24, 2.45) is 0 Å². The average molecular weight is 316 g/mol. The molecule has 0 saturated heterocycles. The van der Waals surface area contributed by atoms with Crippen LogP contribution in [0.4, 0.5) is 0 Å². The van der Waals surface area contributed by atoms with Crippen molar-refractivity contribution in [3.8, 4) is 0 Å². The highest BCUT2D eigenvalue weighted by Gasteiger charge is 2.19. The maximum Gasteiger partial charge on any atom is 0.125 e. The van der Waals surface area contributed by atoms with Gasteiger partial charge in [0.1, 0.15) is 5.82 Å². The van der Waals surface area contributed by atoms with E-state index in [1.54, 1.807) is 0 Å². The van der Waals surface area contributed by atoms with E-state index in [-0.39, 0.29) is 5.25 Å². The normalized spacial score (nSPS) is 12.3. The smallest absolute Gasteiger partial charge is 0.125 e. The highest BCUT2D eigenvalue weighted by Crippen LogP contribution is 2.39. The van der Waals surface area contributed by atoms with Crippen LogP contribution in [0, 0.1) is 0 Å². The molecule has 4 aromatic rings. The molecule has 3 aromatic carbocycles. The first-order chi connectivity index (χ1) is 11.4. The van der Waals surface area contributed by atoms with Crippen LogP contribution in [0.3, 0.4) is 0 Å². The summed E-state index contributed by atoms with van der Waals surface area (Å²) in [6.07, 6.45) is 0. The standard InChI is InChI=1S/C20H16N2S/c1-3-9-15(10-4-1)19(23-16-11-5-2-6-12-16)20-21-17-13-7-8-14-18(17)22-20/h1-14,19H,(H,21,22)/t19-/m1/s1. The summed E-state index contributed by atoms with van der Waals surface area (Å²) in [5, 5.41) is 0.144. The molecule has 0 bridgehead atoms. The molecule has 0 aliphatic heterocycles. The molecule has 0 unspecified atom stereocenters. The zero-order valence-electron chi connectivity index (χ0n) is 12.5. The molecule has 1 atom stereocenters. The van der Waals surface area contributed by atoms with Gasteiger partial charge in [-0.05, 0) is 29.8 Å². The predicted octanol–water partition coefficient (Wildman–Crippen LogP) is 5.44. The van der Waals surface area contributed by atoms with Gasteiger partial charge in [0.15, 0.2) is 0 Å². The third-order valence-electron chi connectivity index (χ3n) is 3.76. The van der Waals surface area contributed by atoms with Crippen molar-refractivity contribution in [1.29, 1.82) is 0 Å². The third kappa shape index (κ3) is 3.01. The Morgan fingerprint density at radius 3 is 2.13 bits per heavy atom. The summed E-state index contributed by atoms with van der Waals surface area (Å²) in [6, 6.07) is 29.2. The van der Waals surface area contributed by atoms with Gasteiger partial charge in [-0.15, -0.1) is 11.8 Å². The highest BCUT2D eigenvalue weighted by atomic mass is 32.2. The lowest BCUT2D eigenvalue weighted by atomic mass is 10.1. The van der Waals surface area contributed by atoms with Crippen molar-refractivity contribution in [2.75, 3.05) is 0 Å². The van der Waals surface area contributed by atoms with E-state index in [4.69, 9.17) is 4.98 Å². The molecular weight excluding hydrogens is 300 g/mol. The van der Waals surface area contributed by atoms with Crippen LogP contribution in [-0.4, -0.2) is 9.97 Å². The number of aromatic amines is 1. The molecule has 0 fully saturated rings. The Morgan fingerprint density at radius 1 is 0.739 bits per heavy atom. The molecule has 0 radical (unpaired) electrons. The number of nitrogens with zero attached hydrogens (tertiary/aromatic N) is 1. The fourth-order valence-electron chi connectivity index (χ4n) is 2.64. The number of para-hydroxylation sites is 2. The van der Waals surface area contributed by atoms with E-state index < -0.39 is 0 Å². The Morgan fingerprint density at radius 2 is 1.39 bits per heavy atom. The number of hydrogen-bond donors (Lipinski definition) is 1. The van der Waals surface area contributed by atoms with E-state index in [2.05, 4.69) is 59.6 Å². The van der Waals surface area contributed by atoms with Gasteiger partial charge in [-0.3, -0.25) is 0 Å². The molecule has 112 valence electrons. The summed E-state index contributed by atoms with van der Waals surface area (Å²) in [5.74, 6) is 0.992. The van der Waals surface area contributed by atoms with Gasteiger partial charge in [0, 0.05) is 4.90 Å². The van der Waals surface area contributed by atoms with Crippen LogP contribution in [0.15, 0.2) is 89.8 Å². The number of aromatic nitrogens is 2. The molecule has 1 aromatic heterocycles. The van der Waals surface area contributed by atoms with Crippen LogP contribution >= 0.6 is 11.8 Å². The van der Waals surface area contributed by atoms with Crippen LogP contribution in [0.2, 0.25) is 0 Å². The first-order valence-electron chi connectivity index (χ1n) is 7.61. The molecule has 3 heteroatoms. The molecule has 2 nitrogen and oxygen atoms in total. The molecule has 0 aliphatic carbocycles. The minimum absolute atomic E-state index is 0.144. The van der Waals surface area contributed by atoms with E-state index in [1.165, 1.54) is 10.5 Å². The van der Waals surface area contributed by atoms with Crippen LogP contribution in [0.5, 0.6) is 0 Å². The zero-order chi connectivity index (χ0) is 15.5. The molecule has 4 rings (SSSR count). The second kappa shape index (κ2) is 6.31. The summed E-state index contributed by atoms with van der Waals surface area (Å²) in [6.45, 7) is 0. The molecule has 0 amide bonds. The second-order valence-corrected chi connectivity index (χ2v) is 6.54. The van der Waals surface area contributed by atoms with E-state index >= 15 is 0 Å². The third-order valence-corrected chi connectivity index (χ3v) is 5.03. The van der Waals surface area contributed by atoms with Crippen LogP contribution < -0.4 is 0 Å². The van der Waals surface area contributed by atoms with Gasteiger partial charge in [-0.1, -0.05) is 60.7 Å². The Bertz CT molecular complexity index is 868. The van der Waals surface area contributed by atoms with Crippen molar-refractivity contribution < 1.29 is 0 Å². The minimum Gasteiger partial charge on any atom is -0.341 e. The average Bonchev–Trinajstić information content (AvgIpc) is 3.05. The van der Waals surface area contributed by atoms with Crippen molar-refractivity contribution in [2.45, 2.75) is 10.1 Å². The molecule has 1 heterocycles. The fourth-order valence-corrected chi connectivity index (χ4v) is 3.74. The largest absolute Gasteiger partial charge is 0.341 e. The number of fused-ring (bicyclic) bond motifs is 1. The number of rotatable bonds is 4. The number of thioether (sulfide) groups is 1. The summed E-state index contributed by atoms with van der Waals surface area (Å²) in [4.78, 5) is 9.53. The number of imidazole rings is 1. The van der Waals surface area contributed by atoms with Crippen molar-refractivity contribution in [3.05, 3.63) is 96.3 Å². The lowest BCUT2D eigenvalue weighted by Gasteiger charge is -2.14. The van der Waals surface area contributed by atoms with Gasteiger partial charge in [-0.2, -0.15) is 0 Å². The Hall–Kier alpha value is -2.52. The van der Waals surface area contributed by atoms with Crippen molar-refractivity contribution in [1.82, 2.24) is 9.97 Å². The monoisotopic (exact) mass is 316 g/mol. The molecule has 0 spiro atoms. The van der Waals surface area contributed by atoms with E-state index in [0.717, 1.165) is 16.9 Å². The van der Waals surface area contributed by atoms with Gasteiger partial charge in [-0.25, -0.2) is 4.98 Å². The number of H-pyrrole nitrogens is 1. The first kappa shape index (κ1) is 14.1. The Kier molecular flexibility index (Phi) is 3.86. The molecule has 0 saturated carbocycles. The number of benzene rings is 3. The topological polar surface area (TPSA) is 28.7 Å². The maximum atomic E-state index is 4.81. The van der Waals surface area contributed by atoms with E-state index in [9.17, 15) is 0 Å². The second-order valence-electron chi connectivity index (χ2n) is 5.36.